The summed E-state index contributed by atoms with van der Waals surface area (Å²) in [6.45, 7) is 2.92. The van der Waals surface area contributed by atoms with E-state index in [9.17, 15) is 19.8 Å². The van der Waals surface area contributed by atoms with E-state index >= 15 is 0 Å². The molecule has 130 valence electrons. The molecule has 1 aliphatic carbocycles. The number of hydrogen-bond donors (Lipinski definition) is 2. The third kappa shape index (κ3) is 2.58. The number of methoxy groups -OCH3 is 1. The van der Waals surface area contributed by atoms with Crippen molar-refractivity contribution in [3.63, 3.8) is 0 Å². The third-order valence-electron chi connectivity index (χ3n) is 4.54. The van der Waals surface area contributed by atoms with Gasteiger partial charge >= 0.3 is 5.97 Å². The number of fused-ring (bicyclic) bond motifs is 1. The minimum absolute atomic E-state index is 0.201. The number of carbonyl (C=O) groups excluding carboxylic acids is 2. The van der Waals surface area contributed by atoms with Gasteiger partial charge in [-0.3, -0.25) is 9.59 Å². The molecule has 0 aromatic heterocycles. The maximum Gasteiger partial charge on any atom is 0.303 e. The van der Waals surface area contributed by atoms with Crippen LogP contribution in [0.25, 0.3) is 0 Å². The Morgan fingerprint density at radius 2 is 2.04 bits per heavy atom. The minimum atomic E-state index is -0.969. The molecule has 1 heterocycles. The van der Waals surface area contributed by atoms with E-state index in [4.69, 9.17) is 14.2 Å². The van der Waals surface area contributed by atoms with Gasteiger partial charge in [0.2, 0.25) is 5.78 Å². The van der Waals surface area contributed by atoms with Crippen LogP contribution in [0, 0.1) is 0 Å². The molecule has 5 atom stereocenters. The number of benzene rings is 1. The van der Waals surface area contributed by atoms with Gasteiger partial charge in [-0.2, -0.15) is 0 Å². The molecular weight excluding hydrogens is 316 g/mol. The van der Waals surface area contributed by atoms with Crippen LogP contribution >= 0.6 is 0 Å². The highest BCUT2D eigenvalue weighted by molar-refractivity contribution is 6.11. The summed E-state index contributed by atoms with van der Waals surface area (Å²) in [5.74, 6) is -0.398. The molecule has 7 heteroatoms. The van der Waals surface area contributed by atoms with Crippen LogP contribution < -0.4 is 4.74 Å². The van der Waals surface area contributed by atoms with Gasteiger partial charge in [-0.15, -0.1) is 0 Å². The Morgan fingerprint density at radius 1 is 1.33 bits per heavy atom. The average Bonchev–Trinajstić information content (AvgIpc) is 2.55. The number of Topliss-reactive ketones (excluding diaryl/α,β-unsaturated/α-hetero) is 1. The zero-order valence-corrected chi connectivity index (χ0v) is 13.7. The molecule has 1 aromatic carbocycles. The number of ether oxygens (including phenoxy) is 3. The predicted octanol–water partition coefficient (Wildman–Crippen LogP) is 1.07. The van der Waals surface area contributed by atoms with Crippen LogP contribution in [0.15, 0.2) is 12.1 Å². The van der Waals surface area contributed by atoms with Crippen molar-refractivity contribution in [3.05, 3.63) is 28.8 Å². The maximum atomic E-state index is 12.1. The molecule has 0 amide bonds. The molecule has 0 spiro atoms. The largest absolute Gasteiger partial charge is 0.496 e. The van der Waals surface area contributed by atoms with E-state index in [2.05, 4.69) is 0 Å². The Kier molecular flexibility index (Phi) is 4.33. The number of aliphatic hydroxyl groups excluding tert-OH is 2. The molecule has 1 saturated heterocycles. The molecule has 24 heavy (non-hydrogen) atoms. The SMILES string of the molecule is COc1c([C@H]2C[C@@H](O)[C@H](O)[C@@H](C)O2)ccc2c1C(OC(C)=O)C2=O. The van der Waals surface area contributed by atoms with Crippen molar-refractivity contribution in [2.75, 3.05) is 7.11 Å². The molecule has 0 radical (unpaired) electrons. The van der Waals surface area contributed by atoms with Crippen molar-refractivity contribution in [2.45, 2.75) is 50.8 Å². The van der Waals surface area contributed by atoms with Crippen LogP contribution in [0.3, 0.4) is 0 Å². The topological polar surface area (TPSA) is 102 Å². The predicted molar refractivity (Wildman–Crippen MR) is 81.8 cm³/mol. The van der Waals surface area contributed by atoms with Gasteiger partial charge in [0.25, 0.3) is 0 Å². The fourth-order valence-electron chi connectivity index (χ4n) is 3.31. The lowest BCUT2D eigenvalue weighted by Crippen LogP contribution is -2.44. The molecular formula is C17H20O7. The Hall–Kier alpha value is -1.96. The number of hydrogen-bond acceptors (Lipinski definition) is 7. The van der Waals surface area contributed by atoms with Gasteiger partial charge in [-0.1, -0.05) is 12.1 Å². The molecule has 1 unspecified atom stereocenters. The Balaban J connectivity index is 1.98. The Morgan fingerprint density at radius 3 is 2.62 bits per heavy atom. The third-order valence-corrected chi connectivity index (χ3v) is 4.54. The molecule has 0 bridgehead atoms. The van der Waals surface area contributed by atoms with Crippen LogP contribution in [0.4, 0.5) is 0 Å². The number of aliphatic hydroxyl groups is 2. The molecule has 1 fully saturated rings. The summed E-state index contributed by atoms with van der Waals surface area (Å²) in [7, 11) is 1.46. The van der Waals surface area contributed by atoms with Crippen LogP contribution in [0.1, 0.15) is 54.0 Å². The quantitative estimate of drug-likeness (QED) is 0.796. The summed E-state index contributed by atoms with van der Waals surface area (Å²) in [6, 6.07) is 3.35. The standard InChI is InChI=1S/C17H20O7/c1-7-14(20)11(19)6-12(23-7)9-4-5-10-13(16(9)22-3)17(15(10)21)24-8(2)18/h4-5,7,11-12,14,17,19-20H,6H2,1-3H3/t7-,11-,12-,14-,17?/m1/s1. The van der Waals surface area contributed by atoms with Gasteiger partial charge in [-0.25, -0.2) is 0 Å². The lowest BCUT2D eigenvalue weighted by Gasteiger charge is -2.37. The van der Waals surface area contributed by atoms with Crippen molar-refractivity contribution in [1.29, 1.82) is 0 Å². The van der Waals surface area contributed by atoms with Crippen molar-refractivity contribution in [2.24, 2.45) is 0 Å². The van der Waals surface area contributed by atoms with Crippen molar-refractivity contribution < 1.29 is 34.0 Å². The summed E-state index contributed by atoms with van der Waals surface area (Å²) >= 11 is 0. The van der Waals surface area contributed by atoms with Gasteiger partial charge < -0.3 is 24.4 Å². The first kappa shape index (κ1) is 16.9. The van der Waals surface area contributed by atoms with Crippen LogP contribution in [0.2, 0.25) is 0 Å². The molecule has 1 aliphatic heterocycles. The van der Waals surface area contributed by atoms with Crippen molar-refractivity contribution >= 4 is 11.8 Å². The van der Waals surface area contributed by atoms with Gasteiger partial charge in [0.15, 0.2) is 6.10 Å². The van der Waals surface area contributed by atoms with E-state index in [0.717, 1.165) is 0 Å². The van der Waals surface area contributed by atoms with Gasteiger partial charge in [0.1, 0.15) is 11.9 Å². The first-order chi connectivity index (χ1) is 11.3. The fourth-order valence-corrected chi connectivity index (χ4v) is 3.31. The minimum Gasteiger partial charge on any atom is -0.496 e. The molecule has 0 saturated carbocycles. The van der Waals surface area contributed by atoms with Gasteiger partial charge in [0.05, 0.1) is 31.0 Å². The number of rotatable bonds is 3. The zero-order chi connectivity index (χ0) is 17.6. The first-order valence-electron chi connectivity index (χ1n) is 7.79. The highest BCUT2D eigenvalue weighted by Crippen LogP contribution is 2.47. The number of esters is 1. The van der Waals surface area contributed by atoms with Crippen molar-refractivity contribution in [3.8, 4) is 5.75 Å². The molecule has 7 nitrogen and oxygen atoms in total. The van der Waals surface area contributed by atoms with E-state index in [1.54, 1.807) is 19.1 Å². The Labute approximate surface area is 139 Å². The highest BCUT2D eigenvalue weighted by atomic mass is 16.6. The second-order valence-electron chi connectivity index (χ2n) is 6.13. The second kappa shape index (κ2) is 6.16. The maximum absolute atomic E-state index is 12.1. The summed E-state index contributed by atoms with van der Waals surface area (Å²) in [5.41, 5.74) is 1.62. The summed E-state index contributed by atoms with van der Waals surface area (Å²) in [5, 5.41) is 19.8. The molecule has 2 aliphatic rings. The molecule has 1 aromatic rings. The first-order valence-corrected chi connectivity index (χ1v) is 7.79. The van der Waals surface area contributed by atoms with E-state index in [0.29, 0.717) is 22.4 Å². The average molecular weight is 336 g/mol. The lowest BCUT2D eigenvalue weighted by molar-refractivity contribution is -0.163. The summed E-state index contributed by atoms with van der Waals surface area (Å²) in [4.78, 5) is 23.3. The number of carbonyl (C=O) groups is 2. The summed E-state index contributed by atoms with van der Waals surface area (Å²) < 4.78 is 16.3. The van der Waals surface area contributed by atoms with Gasteiger partial charge in [-0.05, 0) is 6.92 Å². The fraction of sp³-hybridized carbons (Fsp3) is 0.529. The second-order valence-corrected chi connectivity index (χ2v) is 6.13. The summed E-state index contributed by atoms with van der Waals surface area (Å²) in [6.07, 6.45) is -3.67. The van der Waals surface area contributed by atoms with Crippen LogP contribution in [-0.2, 0) is 14.3 Å². The Bertz CT molecular complexity index is 672. The number of ketones is 1. The van der Waals surface area contributed by atoms with E-state index < -0.39 is 36.5 Å². The van der Waals surface area contributed by atoms with E-state index in [1.165, 1.54) is 14.0 Å². The molecule has 2 N–H and O–H groups in total. The lowest BCUT2D eigenvalue weighted by atomic mass is 9.80. The zero-order valence-electron chi connectivity index (χ0n) is 13.7. The van der Waals surface area contributed by atoms with E-state index in [-0.39, 0.29) is 12.2 Å². The van der Waals surface area contributed by atoms with Crippen LogP contribution in [0.5, 0.6) is 5.75 Å². The van der Waals surface area contributed by atoms with Gasteiger partial charge in [0, 0.05) is 24.5 Å². The smallest absolute Gasteiger partial charge is 0.303 e. The van der Waals surface area contributed by atoms with Crippen molar-refractivity contribution in [1.82, 2.24) is 0 Å². The monoisotopic (exact) mass is 336 g/mol. The molecule has 3 rings (SSSR count). The normalized spacial score (nSPS) is 31.9. The van der Waals surface area contributed by atoms with E-state index in [1.807, 2.05) is 0 Å². The highest BCUT2D eigenvalue weighted by Gasteiger charge is 2.44. The van der Waals surface area contributed by atoms with Crippen LogP contribution in [-0.4, -0.2) is 47.4 Å².